The molecule has 2 heterocycles. The van der Waals surface area contributed by atoms with E-state index in [0.29, 0.717) is 27.5 Å². The van der Waals surface area contributed by atoms with Crippen molar-refractivity contribution < 1.29 is 9.18 Å². The number of aryl methyl sites for hydroxylation is 1. The molecule has 6 nitrogen and oxygen atoms in total. The zero-order valence-electron chi connectivity index (χ0n) is 16.5. The average Bonchev–Trinajstić information content (AvgIpc) is 3.45. The number of aromatic nitrogens is 3. The van der Waals surface area contributed by atoms with Gasteiger partial charge in [-0.15, -0.1) is 5.10 Å². The summed E-state index contributed by atoms with van der Waals surface area (Å²) in [5.41, 5.74) is 2.48. The second-order valence-corrected chi connectivity index (χ2v) is 8.13. The van der Waals surface area contributed by atoms with Crippen LogP contribution in [0.2, 0.25) is 5.02 Å². The smallest absolute Gasteiger partial charge is 0.349 e. The van der Waals surface area contributed by atoms with Crippen molar-refractivity contribution in [2.75, 3.05) is 0 Å². The molecule has 0 bridgehead atoms. The van der Waals surface area contributed by atoms with Crippen LogP contribution in [0.15, 0.2) is 65.6 Å². The van der Waals surface area contributed by atoms with E-state index in [1.807, 2.05) is 12.1 Å². The van der Waals surface area contributed by atoms with Crippen LogP contribution in [-0.4, -0.2) is 26.1 Å². The molecule has 1 fully saturated rings. The number of nitrogens with one attached hydrogen (secondary N) is 1. The molecule has 1 N–H and O–H groups in total. The van der Waals surface area contributed by atoms with Crippen molar-refractivity contribution >= 4 is 23.2 Å². The molecule has 2 aromatic carbocycles. The number of fused-ring (bicyclic) bond motifs is 1. The van der Waals surface area contributed by atoms with Crippen LogP contribution in [0.25, 0.3) is 11.3 Å². The predicted molar refractivity (Wildman–Crippen MR) is 116 cm³/mol. The van der Waals surface area contributed by atoms with Gasteiger partial charge >= 0.3 is 5.69 Å². The molecule has 4 aromatic rings. The number of pyridine rings is 1. The summed E-state index contributed by atoms with van der Waals surface area (Å²) in [6, 6.07) is 15.1. The number of nitrogens with zero attached hydrogens (tertiary/aromatic N) is 3. The lowest BCUT2D eigenvalue weighted by atomic mass is 10.1. The van der Waals surface area contributed by atoms with Gasteiger partial charge in [0.2, 0.25) is 0 Å². The molecule has 0 radical (unpaired) electrons. The van der Waals surface area contributed by atoms with Crippen LogP contribution in [0.4, 0.5) is 4.39 Å². The Hall–Kier alpha value is -3.45. The number of hydrogen-bond donors (Lipinski definition) is 1. The second-order valence-electron chi connectivity index (χ2n) is 7.72. The van der Waals surface area contributed by atoms with Crippen LogP contribution in [0, 0.1) is 12.7 Å². The van der Waals surface area contributed by atoms with Gasteiger partial charge in [-0.3, -0.25) is 4.79 Å². The highest BCUT2D eigenvalue weighted by Crippen LogP contribution is 2.41. The first kappa shape index (κ1) is 19.5. The van der Waals surface area contributed by atoms with E-state index in [-0.39, 0.29) is 23.6 Å². The molecule has 0 aliphatic heterocycles. The van der Waals surface area contributed by atoms with Gasteiger partial charge in [0.05, 0.1) is 10.7 Å². The van der Waals surface area contributed by atoms with Crippen molar-refractivity contribution in [2.24, 2.45) is 0 Å². The van der Waals surface area contributed by atoms with Crippen molar-refractivity contribution in [3.63, 3.8) is 0 Å². The van der Waals surface area contributed by atoms with Crippen molar-refractivity contribution in [2.45, 2.75) is 25.3 Å². The molecule has 5 rings (SSSR count). The zero-order valence-corrected chi connectivity index (χ0v) is 17.3. The summed E-state index contributed by atoms with van der Waals surface area (Å²) in [6.07, 6.45) is 2.45. The van der Waals surface area contributed by atoms with Crippen molar-refractivity contribution in [1.82, 2.24) is 19.5 Å². The molecule has 1 aliphatic carbocycles. The highest BCUT2D eigenvalue weighted by atomic mass is 35.5. The van der Waals surface area contributed by atoms with Gasteiger partial charge in [0.1, 0.15) is 5.82 Å². The van der Waals surface area contributed by atoms with Crippen molar-refractivity contribution in [1.29, 1.82) is 0 Å². The minimum absolute atomic E-state index is 0.0447. The van der Waals surface area contributed by atoms with Crippen LogP contribution in [-0.2, 0) is 0 Å². The number of carbonyl (C=O) groups is 1. The summed E-state index contributed by atoms with van der Waals surface area (Å²) in [6.45, 7) is 1.66. The van der Waals surface area contributed by atoms with Gasteiger partial charge in [-0.1, -0.05) is 29.8 Å². The largest absolute Gasteiger partial charge is 0.355 e. The molecule has 31 heavy (non-hydrogen) atoms. The molecule has 2 aromatic heterocycles. The van der Waals surface area contributed by atoms with Crippen LogP contribution >= 0.6 is 11.6 Å². The van der Waals surface area contributed by atoms with E-state index >= 15 is 0 Å². The number of rotatable bonds is 4. The van der Waals surface area contributed by atoms with Gasteiger partial charge in [0, 0.05) is 23.7 Å². The summed E-state index contributed by atoms with van der Waals surface area (Å²) in [7, 11) is 0. The lowest BCUT2D eigenvalue weighted by Gasteiger charge is -2.06. The fourth-order valence-corrected chi connectivity index (χ4v) is 3.93. The molecular formula is C23H18ClFN4O2. The molecule has 0 saturated heterocycles. The maximum absolute atomic E-state index is 13.7. The third kappa shape index (κ3) is 3.51. The molecule has 1 aliphatic rings. The Morgan fingerprint density at radius 2 is 2.00 bits per heavy atom. The van der Waals surface area contributed by atoms with Gasteiger partial charge in [-0.05, 0) is 60.9 Å². The van der Waals surface area contributed by atoms with Crippen LogP contribution < -0.4 is 11.0 Å². The first-order valence-electron chi connectivity index (χ1n) is 9.85. The van der Waals surface area contributed by atoms with E-state index in [0.717, 1.165) is 12.0 Å². The van der Waals surface area contributed by atoms with Crippen molar-refractivity contribution in [3.05, 3.63) is 98.8 Å². The summed E-state index contributed by atoms with van der Waals surface area (Å²) >= 11 is 6.21. The lowest BCUT2D eigenvalue weighted by Crippen LogP contribution is -2.26. The van der Waals surface area contributed by atoms with Crippen molar-refractivity contribution in [3.8, 4) is 5.69 Å². The highest BCUT2D eigenvalue weighted by molar-refractivity contribution is 6.32. The predicted octanol–water partition coefficient (Wildman–Crippen LogP) is 3.87. The molecule has 2 unspecified atom stereocenters. The maximum Gasteiger partial charge on any atom is 0.355 e. The van der Waals surface area contributed by atoms with E-state index < -0.39 is 5.82 Å². The Bertz CT molecular complexity index is 1390. The normalized spacial score (nSPS) is 17.6. The highest BCUT2D eigenvalue weighted by Gasteiger charge is 2.40. The molecule has 0 spiro atoms. The third-order valence-electron chi connectivity index (χ3n) is 5.60. The van der Waals surface area contributed by atoms with Gasteiger partial charge in [0.25, 0.3) is 5.91 Å². The van der Waals surface area contributed by atoms with Crippen LogP contribution in [0.5, 0.6) is 0 Å². The van der Waals surface area contributed by atoms with Gasteiger partial charge in [0.15, 0.2) is 5.65 Å². The Morgan fingerprint density at radius 3 is 2.77 bits per heavy atom. The molecule has 156 valence electrons. The Kier molecular flexibility index (Phi) is 4.63. The number of benzene rings is 2. The summed E-state index contributed by atoms with van der Waals surface area (Å²) in [4.78, 5) is 25.1. The minimum Gasteiger partial charge on any atom is -0.349 e. The monoisotopic (exact) mass is 436 g/mol. The Morgan fingerprint density at radius 1 is 1.19 bits per heavy atom. The Labute approximate surface area is 181 Å². The topological polar surface area (TPSA) is 68.4 Å². The quantitative estimate of drug-likeness (QED) is 0.528. The summed E-state index contributed by atoms with van der Waals surface area (Å²) < 4.78 is 16.5. The van der Waals surface area contributed by atoms with Gasteiger partial charge in [-0.2, -0.15) is 4.68 Å². The lowest BCUT2D eigenvalue weighted by molar-refractivity contribution is 0.0950. The van der Waals surface area contributed by atoms with Gasteiger partial charge in [-0.25, -0.2) is 13.6 Å². The van der Waals surface area contributed by atoms with E-state index in [9.17, 15) is 14.0 Å². The number of para-hydroxylation sites is 1. The second kappa shape index (κ2) is 7.35. The first-order chi connectivity index (χ1) is 14.9. The molecule has 2 atom stereocenters. The van der Waals surface area contributed by atoms with E-state index in [4.69, 9.17) is 11.6 Å². The number of carbonyl (C=O) groups excluding carboxylic acids is 1. The van der Waals surface area contributed by atoms with E-state index in [1.54, 1.807) is 49.5 Å². The molecular weight excluding hydrogens is 419 g/mol. The fourth-order valence-electron chi connectivity index (χ4n) is 3.71. The molecule has 1 saturated carbocycles. The summed E-state index contributed by atoms with van der Waals surface area (Å²) in [5.74, 6) is -0.582. The minimum atomic E-state index is -0.398. The number of halogens is 2. The first-order valence-corrected chi connectivity index (χ1v) is 10.2. The molecule has 1 amide bonds. The zero-order chi connectivity index (χ0) is 21.7. The fraction of sp³-hybridized carbons (Fsp3) is 0.174. The van der Waals surface area contributed by atoms with Gasteiger partial charge < -0.3 is 5.32 Å². The SMILES string of the molecule is Cc1ccc(C(=O)NC2CC2c2ccn3c(=O)n(-c4ccccc4Cl)nc3c2)cc1F. The Balaban J connectivity index is 1.37. The standard InChI is InChI=1S/C23H18ClFN4O2/c1-13-6-7-15(10-18(13)25)22(30)26-19-12-16(19)14-8-9-28-21(11-14)27-29(23(28)31)20-5-3-2-4-17(20)24/h2-11,16,19H,12H2,1H3,(H,26,30). The summed E-state index contributed by atoms with van der Waals surface area (Å²) in [5, 5.41) is 7.80. The van der Waals surface area contributed by atoms with E-state index in [2.05, 4.69) is 10.4 Å². The molecule has 8 heteroatoms. The third-order valence-corrected chi connectivity index (χ3v) is 5.92. The van der Waals surface area contributed by atoms with Crippen LogP contribution in [0.1, 0.15) is 33.8 Å². The maximum atomic E-state index is 13.7. The average molecular weight is 437 g/mol. The number of amides is 1. The number of hydrogen-bond acceptors (Lipinski definition) is 3. The van der Waals surface area contributed by atoms with E-state index in [1.165, 1.54) is 15.1 Å². The van der Waals surface area contributed by atoms with Crippen LogP contribution in [0.3, 0.4) is 0 Å².